The van der Waals surface area contributed by atoms with E-state index in [0.29, 0.717) is 42.7 Å². The van der Waals surface area contributed by atoms with Gasteiger partial charge >= 0.3 is 0 Å². The Balaban J connectivity index is 1.86. The summed E-state index contributed by atoms with van der Waals surface area (Å²) in [7, 11) is 0. The van der Waals surface area contributed by atoms with Gasteiger partial charge in [-0.05, 0) is 43.2 Å². The summed E-state index contributed by atoms with van der Waals surface area (Å²) >= 11 is 5.86. The summed E-state index contributed by atoms with van der Waals surface area (Å²) in [6, 6.07) is 14.8. The lowest BCUT2D eigenvalue weighted by Gasteiger charge is -2.11. The number of ether oxygens (including phenoxy) is 2. The Hall–Kier alpha value is -2.04. The van der Waals surface area contributed by atoms with Gasteiger partial charge < -0.3 is 14.8 Å². The monoisotopic (exact) mass is 347 g/mol. The summed E-state index contributed by atoms with van der Waals surface area (Å²) < 4.78 is 10.9. The van der Waals surface area contributed by atoms with E-state index in [9.17, 15) is 4.79 Å². The summed E-state index contributed by atoms with van der Waals surface area (Å²) in [5.41, 5.74) is 1.66. The lowest BCUT2D eigenvalue weighted by molar-refractivity contribution is 0.0937. The summed E-state index contributed by atoms with van der Waals surface area (Å²) in [6.45, 7) is 4.05. The number of benzene rings is 2. The fourth-order valence-electron chi connectivity index (χ4n) is 2.20. The minimum atomic E-state index is -0.143. The minimum Gasteiger partial charge on any atom is -0.490 e. The number of hydrogen-bond donors (Lipinski definition) is 1. The molecule has 1 N–H and O–H groups in total. The summed E-state index contributed by atoms with van der Waals surface area (Å²) in [5.74, 6) is 0.428. The quantitative estimate of drug-likeness (QED) is 0.703. The number of hydrogen-bond acceptors (Lipinski definition) is 3. The first-order valence-electron chi connectivity index (χ1n) is 8.03. The van der Waals surface area contributed by atoms with Crippen LogP contribution in [-0.4, -0.2) is 32.3 Å². The molecule has 4 nitrogen and oxygen atoms in total. The molecule has 1 amide bonds. The molecule has 0 heterocycles. The maximum atomic E-state index is 12.4. The smallest absolute Gasteiger partial charge is 0.255 e. The van der Waals surface area contributed by atoms with E-state index in [-0.39, 0.29) is 5.91 Å². The third-order valence-corrected chi connectivity index (χ3v) is 3.69. The molecule has 2 aromatic rings. The number of nitrogens with one attached hydrogen (secondary N) is 1. The highest BCUT2D eigenvalue weighted by Gasteiger charge is 2.11. The van der Waals surface area contributed by atoms with Gasteiger partial charge in [-0.2, -0.15) is 0 Å². The number of para-hydroxylation sites is 1. The largest absolute Gasteiger partial charge is 0.490 e. The zero-order valence-corrected chi connectivity index (χ0v) is 14.5. The molecule has 2 aromatic carbocycles. The number of carbonyl (C=O) groups is 1. The number of halogens is 1. The minimum absolute atomic E-state index is 0.143. The molecule has 0 bridgehead atoms. The Morgan fingerprint density at radius 1 is 1.08 bits per heavy atom. The molecular formula is C19H22ClNO3. The first-order chi connectivity index (χ1) is 11.7. The molecule has 0 aromatic heterocycles. The van der Waals surface area contributed by atoms with Crippen LogP contribution in [0.3, 0.4) is 0 Å². The van der Waals surface area contributed by atoms with Crippen molar-refractivity contribution in [2.75, 3.05) is 26.4 Å². The van der Waals surface area contributed by atoms with Crippen LogP contribution in [0.1, 0.15) is 22.8 Å². The predicted octanol–water partition coefficient (Wildman–Crippen LogP) is 3.73. The SMILES string of the molecule is CCOCCOc1ccccc1C(=O)NCCc1ccc(Cl)cc1. The maximum Gasteiger partial charge on any atom is 0.255 e. The second-order valence-electron chi connectivity index (χ2n) is 5.17. The van der Waals surface area contributed by atoms with Crippen molar-refractivity contribution in [2.45, 2.75) is 13.3 Å². The van der Waals surface area contributed by atoms with Crippen molar-refractivity contribution in [2.24, 2.45) is 0 Å². The first kappa shape index (κ1) is 18.3. The molecule has 2 rings (SSSR count). The van der Waals surface area contributed by atoms with Gasteiger partial charge in [-0.1, -0.05) is 35.9 Å². The van der Waals surface area contributed by atoms with Crippen molar-refractivity contribution in [3.8, 4) is 5.75 Å². The summed E-state index contributed by atoms with van der Waals surface area (Å²) in [5, 5.41) is 3.63. The van der Waals surface area contributed by atoms with E-state index in [2.05, 4.69) is 5.32 Å². The van der Waals surface area contributed by atoms with Crippen molar-refractivity contribution in [1.29, 1.82) is 0 Å². The average Bonchev–Trinajstić information content (AvgIpc) is 2.61. The molecular weight excluding hydrogens is 326 g/mol. The Morgan fingerprint density at radius 3 is 2.58 bits per heavy atom. The fraction of sp³-hybridized carbons (Fsp3) is 0.316. The summed E-state index contributed by atoms with van der Waals surface area (Å²) in [6.07, 6.45) is 0.746. The third kappa shape index (κ3) is 5.87. The molecule has 128 valence electrons. The van der Waals surface area contributed by atoms with Crippen LogP contribution in [0, 0.1) is 0 Å². The van der Waals surface area contributed by atoms with Gasteiger partial charge in [0.15, 0.2) is 0 Å². The van der Waals surface area contributed by atoms with Gasteiger partial charge in [-0.25, -0.2) is 0 Å². The highest BCUT2D eigenvalue weighted by molar-refractivity contribution is 6.30. The van der Waals surface area contributed by atoms with Gasteiger partial charge in [0.2, 0.25) is 0 Å². The van der Waals surface area contributed by atoms with Gasteiger partial charge in [-0.15, -0.1) is 0 Å². The molecule has 24 heavy (non-hydrogen) atoms. The number of rotatable bonds is 9. The predicted molar refractivity (Wildman–Crippen MR) is 95.9 cm³/mol. The van der Waals surface area contributed by atoms with Crippen LogP contribution in [0.5, 0.6) is 5.75 Å². The van der Waals surface area contributed by atoms with Crippen molar-refractivity contribution >= 4 is 17.5 Å². The lowest BCUT2D eigenvalue weighted by atomic mass is 10.1. The van der Waals surface area contributed by atoms with Crippen LogP contribution in [0.15, 0.2) is 48.5 Å². The van der Waals surface area contributed by atoms with E-state index in [1.165, 1.54) is 0 Å². The van der Waals surface area contributed by atoms with Crippen molar-refractivity contribution in [3.63, 3.8) is 0 Å². The van der Waals surface area contributed by atoms with Crippen LogP contribution < -0.4 is 10.1 Å². The van der Waals surface area contributed by atoms with Gasteiger partial charge in [0.1, 0.15) is 12.4 Å². The molecule has 0 spiro atoms. The zero-order valence-electron chi connectivity index (χ0n) is 13.8. The zero-order chi connectivity index (χ0) is 17.2. The highest BCUT2D eigenvalue weighted by atomic mass is 35.5. The van der Waals surface area contributed by atoms with Crippen LogP contribution in [0.2, 0.25) is 5.02 Å². The molecule has 0 saturated carbocycles. The Morgan fingerprint density at radius 2 is 1.83 bits per heavy atom. The molecule has 0 saturated heterocycles. The van der Waals surface area contributed by atoms with Crippen LogP contribution >= 0.6 is 11.6 Å². The molecule has 0 unspecified atom stereocenters. The van der Waals surface area contributed by atoms with E-state index in [1.54, 1.807) is 12.1 Å². The van der Waals surface area contributed by atoms with Crippen molar-refractivity contribution < 1.29 is 14.3 Å². The first-order valence-corrected chi connectivity index (χ1v) is 8.40. The Labute approximate surface area is 147 Å². The van der Waals surface area contributed by atoms with E-state index in [4.69, 9.17) is 21.1 Å². The molecule has 0 aliphatic rings. The Bertz CT molecular complexity index is 643. The molecule has 5 heteroatoms. The van der Waals surface area contributed by atoms with Crippen LogP contribution in [0.25, 0.3) is 0 Å². The van der Waals surface area contributed by atoms with Crippen LogP contribution in [-0.2, 0) is 11.2 Å². The van der Waals surface area contributed by atoms with Crippen molar-refractivity contribution in [1.82, 2.24) is 5.32 Å². The molecule has 0 aliphatic carbocycles. The molecule has 0 atom stereocenters. The van der Waals surface area contributed by atoms with E-state index < -0.39 is 0 Å². The van der Waals surface area contributed by atoms with Gasteiger partial charge in [-0.3, -0.25) is 4.79 Å². The standard InChI is InChI=1S/C19H22ClNO3/c1-2-23-13-14-24-18-6-4-3-5-17(18)19(22)21-12-11-15-7-9-16(20)10-8-15/h3-10H,2,11-14H2,1H3,(H,21,22). The highest BCUT2D eigenvalue weighted by Crippen LogP contribution is 2.17. The van der Waals surface area contributed by atoms with E-state index in [1.807, 2.05) is 43.3 Å². The topological polar surface area (TPSA) is 47.6 Å². The second-order valence-corrected chi connectivity index (χ2v) is 5.61. The number of carbonyl (C=O) groups excluding carboxylic acids is 1. The maximum absolute atomic E-state index is 12.4. The third-order valence-electron chi connectivity index (χ3n) is 3.43. The normalized spacial score (nSPS) is 10.4. The average molecular weight is 348 g/mol. The molecule has 0 aliphatic heterocycles. The fourth-order valence-corrected chi connectivity index (χ4v) is 2.33. The molecule has 0 radical (unpaired) electrons. The Kier molecular flexibility index (Phi) is 7.59. The van der Waals surface area contributed by atoms with Gasteiger partial charge in [0.25, 0.3) is 5.91 Å². The van der Waals surface area contributed by atoms with Crippen LogP contribution in [0.4, 0.5) is 0 Å². The van der Waals surface area contributed by atoms with E-state index >= 15 is 0 Å². The lowest BCUT2D eigenvalue weighted by Crippen LogP contribution is -2.26. The molecule has 0 fully saturated rings. The van der Waals surface area contributed by atoms with Gasteiger partial charge in [0.05, 0.1) is 12.2 Å². The van der Waals surface area contributed by atoms with Gasteiger partial charge in [0, 0.05) is 18.2 Å². The van der Waals surface area contributed by atoms with E-state index in [0.717, 1.165) is 12.0 Å². The van der Waals surface area contributed by atoms with Crippen molar-refractivity contribution in [3.05, 3.63) is 64.7 Å². The second kappa shape index (κ2) is 9.96. The number of amides is 1. The summed E-state index contributed by atoms with van der Waals surface area (Å²) in [4.78, 5) is 12.4.